The van der Waals surface area contributed by atoms with Gasteiger partial charge in [0.25, 0.3) is 5.91 Å². The number of urea groups is 1. The molecule has 1 heterocycles. The number of ether oxygens (including phenoxy) is 1. The molecular formula is C32H50F3N5O7. The zero-order valence-electron chi connectivity index (χ0n) is 28.3. The van der Waals surface area contributed by atoms with E-state index in [2.05, 4.69) is 16.0 Å². The molecule has 5 atom stereocenters. The molecule has 0 spiro atoms. The molecule has 12 nitrogen and oxygen atoms in total. The number of carbonyl (C=O) groups excluding carboxylic acids is 6. The predicted octanol–water partition coefficient (Wildman–Crippen LogP) is 3.28. The molecule has 1 saturated heterocycles. The van der Waals surface area contributed by atoms with Crippen molar-refractivity contribution >= 4 is 35.5 Å². The summed E-state index contributed by atoms with van der Waals surface area (Å²) in [6.07, 6.45) is -0.377. The molecule has 0 bridgehead atoms. The number of esters is 1. The third-order valence-corrected chi connectivity index (χ3v) is 8.28. The number of nitrogens with zero attached hydrogens (tertiary/aromatic N) is 1. The van der Waals surface area contributed by atoms with Gasteiger partial charge < -0.3 is 31.3 Å². The summed E-state index contributed by atoms with van der Waals surface area (Å²) in [5, 5.41) is 7.51. The first kappa shape index (κ1) is 39.5. The molecule has 2 fully saturated rings. The molecule has 0 aromatic heterocycles. The molecule has 0 aromatic carbocycles. The van der Waals surface area contributed by atoms with Crippen LogP contribution in [-0.2, 0) is 28.7 Å². The second-order valence-corrected chi connectivity index (χ2v) is 14.4. The Hall–Kier alpha value is -3.65. The average molecular weight is 674 g/mol. The fraction of sp³-hybridized carbons (Fsp3) is 0.750. The van der Waals surface area contributed by atoms with Gasteiger partial charge in [0.1, 0.15) is 23.7 Å². The van der Waals surface area contributed by atoms with Crippen molar-refractivity contribution < 1.29 is 46.7 Å². The lowest BCUT2D eigenvalue weighted by atomic mass is 9.80. The molecule has 1 aliphatic carbocycles. The van der Waals surface area contributed by atoms with Crippen molar-refractivity contribution in [1.82, 2.24) is 20.9 Å². The molecule has 2 aliphatic rings. The number of allylic oxidation sites excluding steroid dienone is 1. The number of hydrogen-bond acceptors (Lipinski definition) is 7. The van der Waals surface area contributed by atoms with Crippen molar-refractivity contribution in [3.63, 3.8) is 0 Å². The highest BCUT2D eigenvalue weighted by atomic mass is 19.4. The number of likely N-dealkylation sites (tertiary alicyclic amines) is 1. The molecular weight excluding hydrogens is 623 g/mol. The van der Waals surface area contributed by atoms with Crippen LogP contribution >= 0.6 is 0 Å². The number of hydrogen-bond donors (Lipinski definition) is 4. The van der Waals surface area contributed by atoms with E-state index < -0.39 is 83.3 Å². The van der Waals surface area contributed by atoms with Crippen LogP contribution in [0.3, 0.4) is 0 Å². The standard InChI is InChI=1S/C32H50F3N5O7/c1-8-19-14-16-40(22(19)26(43)37-21(23(41)25(36)42)17-18-11-9-12-18)27(44)24(30(2,3)4)39-29(46)38-20(13-10-15-32(33,34)35)28(45)47-31(5,6)7/h10,13,18-22,24H,8-9,11-12,14-17H2,1-7H3,(H2,36,42)(H,37,43)(H2,38,39,46)/b13-10+/t19-,20?,21?,22-,24+/m0/s1. The lowest BCUT2D eigenvalue weighted by molar-refractivity contribution is -0.156. The Labute approximate surface area is 274 Å². The Kier molecular flexibility index (Phi) is 13.4. The van der Waals surface area contributed by atoms with Crippen LogP contribution in [0.4, 0.5) is 18.0 Å². The third-order valence-electron chi connectivity index (χ3n) is 8.28. The molecule has 2 rings (SSSR count). The maximum atomic E-state index is 14.1. The molecule has 5 amide bonds. The smallest absolute Gasteiger partial charge is 0.392 e. The maximum absolute atomic E-state index is 14.1. The molecule has 2 unspecified atom stereocenters. The Morgan fingerprint density at radius 1 is 0.957 bits per heavy atom. The van der Waals surface area contributed by atoms with E-state index >= 15 is 0 Å². The van der Waals surface area contributed by atoms with Gasteiger partial charge >= 0.3 is 18.2 Å². The minimum absolute atomic E-state index is 0.160. The fourth-order valence-corrected chi connectivity index (χ4v) is 5.63. The second-order valence-electron chi connectivity index (χ2n) is 14.4. The number of halogens is 3. The van der Waals surface area contributed by atoms with Crippen LogP contribution in [0.25, 0.3) is 0 Å². The summed E-state index contributed by atoms with van der Waals surface area (Å²) in [5.74, 6) is -4.43. The molecule has 15 heteroatoms. The number of Topliss-reactive ketones (excluding diaryl/α,β-unsaturated/α-hetero) is 1. The van der Waals surface area contributed by atoms with Crippen molar-refractivity contribution in [3.05, 3.63) is 12.2 Å². The van der Waals surface area contributed by atoms with Crippen LogP contribution in [0.1, 0.15) is 93.4 Å². The molecule has 47 heavy (non-hydrogen) atoms. The first-order chi connectivity index (χ1) is 21.5. The van der Waals surface area contributed by atoms with E-state index in [4.69, 9.17) is 10.5 Å². The van der Waals surface area contributed by atoms with Crippen molar-refractivity contribution in [2.24, 2.45) is 23.0 Å². The number of carbonyl (C=O) groups is 6. The average Bonchev–Trinajstić information content (AvgIpc) is 3.33. The van der Waals surface area contributed by atoms with Gasteiger partial charge in [-0.05, 0) is 50.9 Å². The van der Waals surface area contributed by atoms with E-state index in [1.807, 2.05) is 6.92 Å². The highest BCUT2D eigenvalue weighted by Crippen LogP contribution is 2.33. The SMILES string of the molecule is CC[C@H]1CCN(C(=O)[C@@H](NC(=O)NC(/C=C/CC(F)(F)F)C(=O)OC(C)(C)C)C(C)(C)C)[C@@H]1C(=O)NC(CC1CCC1)C(=O)C(N)=O. The van der Waals surface area contributed by atoms with Crippen LogP contribution in [0.2, 0.25) is 0 Å². The highest BCUT2D eigenvalue weighted by Gasteiger charge is 2.46. The summed E-state index contributed by atoms with van der Waals surface area (Å²) in [5.41, 5.74) is 3.33. The fourth-order valence-electron chi connectivity index (χ4n) is 5.63. The van der Waals surface area contributed by atoms with Crippen molar-refractivity contribution in [2.75, 3.05) is 6.54 Å². The lowest BCUT2D eigenvalue weighted by Gasteiger charge is -2.37. The van der Waals surface area contributed by atoms with Crippen molar-refractivity contribution in [3.8, 4) is 0 Å². The number of alkyl halides is 3. The van der Waals surface area contributed by atoms with Gasteiger partial charge in [-0.15, -0.1) is 0 Å². The Balaban J connectivity index is 2.30. The molecule has 1 aliphatic heterocycles. The van der Waals surface area contributed by atoms with Gasteiger partial charge in [0.2, 0.25) is 17.6 Å². The van der Waals surface area contributed by atoms with Gasteiger partial charge in [0, 0.05) is 6.54 Å². The van der Waals surface area contributed by atoms with Crippen LogP contribution < -0.4 is 21.7 Å². The Morgan fingerprint density at radius 3 is 2.04 bits per heavy atom. The first-order valence-corrected chi connectivity index (χ1v) is 16.0. The Bertz CT molecular complexity index is 1200. The van der Waals surface area contributed by atoms with Crippen LogP contribution in [0.15, 0.2) is 12.2 Å². The number of nitrogens with two attached hydrogens (primary N) is 1. The van der Waals surface area contributed by atoms with Gasteiger partial charge in [-0.1, -0.05) is 65.5 Å². The summed E-state index contributed by atoms with van der Waals surface area (Å²) in [6, 6.07) is -6.00. The monoisotopic (exact) mass is 673 g/mol. The zero-order chi connectivity index (χ0) is 35.9. The lowest BCUT2D eigenvalue weighted by Crippen LogP contribution is -2.61. The second kappa shape index (κ2) is 16.0. The summed E-state index contributed by atoms with van der Waals surface area (Å²) in [4.78, 5) is 79.4. The number of primary amides is 1. The summed E-state index contributed by atoms with van der Waals surface area (Å²) < 4.78 is 43.6. The van der Waals surface area contributed by atoms with Gasteiger partial charge in [-0.3, -0.25) is 19.2 Å². The van der Waals surface area contributed by atoms with E-state index in [9.17, 15) is 41.9 Å². The number of ketones is 1. The van der Waals surface area contributed by atoms with Gasteiger partial charge in [0.15, 0.2) is 0 Å². The van der Waals surface area contributed by atoms with E-state index in [0.717, 1.165) is 25.3 Å². The number of nitrogens with one attached hydrogen (secondary N) is 3. The van der Waals surface area contributed by atoms with Crippen LogP contribution in [-0.4, -0.2) is 82.9 Å². The summed E-state index contributed by atoms with van der Waals surface area (Å²) in [7, 11) is 0. The normalized spacial score (nSPS) is 20.9. The summed E-state index contributed by atoms with van der Waals surface area (Å²) >= 11 is 0. The maximum Gasteiger partial charge on any atom is 0.392 e. The first-order valence-electron chi connectivity index (χ1n) is 16.0. The molecule has 0 aromatic rings. The van der Waals surface area contributed by atoms with E-state index in [1.165, 1.54) is 4.90 Å². The highest BCUT2D eigenvalue weighted by molar-refractivity contribution is 6.37. The van der Waals surface area contributed by atoms with Crippen molar-refractivity contribution in [2.45, 2.75) is 129 Å². The summed E-state index contributed by atoms with van der Waals surface area (Å²) in [6.45, 7) is 11.7. The van der Waals surface area contributed by atoms with Crippen LogP contribution in [0, 0.1) is 17.3 Å². The Morgan fingerprint density at radius 2 is 1.57 bits per heavy atom. The van der Waals surface area contributed by atoms with E-state index in [1.54, 1.807) is 41.5 Å². The van der Waals surface area contributed by atoms with E-state index in [-0.39, 0.29) is 24.8 Å². The number of rotatable bonds is 13. The quantitative estimate of drug-likeness (QED) is 0.132. The largest absolute Gasteiger partial charge is 0.458 e. The van der Waals surface area contributed by atoms with Crippen molar-refractivity contribution in [1.29, 1.82) is 0 Å². The van der Waals surface area contributed by atoms with Gasteiger partial charge in [0.05, 0.1) is 12.5 Å². The van der Waals surface area contributed by atoms with E-state index in [0.29, 0.717) is 18.9 Å². The molecule has 5 N–H and O–H groups in total. The molecule has 0 radical (unpaired) electrons. The molecule has 266 valence electrons. The third kappa shape index (κ3) is 12.1. The zero-order valence-corrected chi connectivity index (χ0v) is 28.3. The number of amides is 5. The minimum Gasteiger partial charge on any atom is -0.458 e. The minimum atomic E-state index is -4.54. The molecule has 1 saturated carbocycles. The van der Waals surface area contributed by atoms with Crippen LogP contribution in [0.5, 0.6) is 0 Å². The van der Waals surface area contributed by atoms with Gasteiger partial charge in [-0.2, -0.15) is 13.2 Å². The van der Waals surface area contributed by atoms with Gasteiger partial charge in [-0.25, -0.2) is 9.59 Å². The predicted molar refractivity (Wildman–Crippen MR) is 166 cm³/mol. The topological polar surface area (TPSA) is 177 Å².